The molecule has 2 aliphatic rings. The zero-order valence-electron chi connectivity index (χ0n) is 17.3. The van der Waals surface area contributed by atoms with Crippen LogP contribution in [0.2, 0.25) is 0 Å². The van der Waals surface area contributed by atoms with Crippen LogP contribution in [0.1, 0.15) is 60.1 Å². The highest BCUT2D eigenvalue weighted by molar-refractivity contribution is 5.54. The molecule has 0 saturated heterocycles. The van der Waals surface area contributed by atoms with Gasteiger partial charge in [0.25, 0.3) is 0 Å². The fraction of sp³-hybridized carbons (Fsp3) is 0.333. The Bertz CT molecular complexity index is 1300. The summed E-state index contributed by atoms with van der Waals surface area (Å²) in [5, 5.41) is 12.8. The smallest absolute Gasteiger partial charge is 0.346 e. The monoisotopic (exact) mass is 413 g/mol. The Kier molecular flexibility index (Phi) is 4.16. The number of hydrogen-bond donors (Lipinski definition) is 0. The Hall–Kier alpha value is -3.48. The van der Waals surface area contributed by atoms with E-state index in [0.29, 0.717) is 17.7 Å². The lowest BCUT2D eigenvalue weighted by Crippen LogP contribution is -2.35. The third-order valence-corrected chi connectivity index (χ3v) is 6.63. The van der Waals surface area contributed by atoms with E-state index in [1.165, 1.54) is 11.1 Å². The summed E-state index contributed by atoms with van der Waals surface area (Å²) >= 11 is 0. The van der Waals surface area contributed by atoms with Gasteiger partial charge < -0.3 is 4.42 Å². The van der Waals surface area contributed by atoms with Crippen molar-refractivity contribution in [2.45, 2.75) is 50.6 Å². The van der Waals surface area contributed by atoms with Gasteiger partial charge in [0, 0.05) is 18.9 Å². The highest BCUT2D eigenvalue weighted by Crippen LogP contribution is 2.45. The van der Waals surface area contributed by atoms with E-state index in [9.17, 15) is 4.79 Å². The fourth-order valence-corrected chi connectivity index (χ4v) is 4.94. The second-order valence-electron chi connectivity index (χ2n) is 8.55. The Balaban J connectivity index is 1.22. The average molecular weight is 413 g/mol. The normalized spacial score (nSPS) is 22.3. The Labute approximate surface area is 179 Å². The quantitative estimate of drug-likeness (QED) is 0.504. The van der Waals surface area contributed by atoms with Crippen LogP contribution in [0, 0.1) is 6.92 Å². The molecule has 2 aromatic carbocycles. The van der Waals surface area contributed by atoms with Crippen molar-refractivity contribution in [1.82, 2.24) is 24.5 Å². The summed E-state index contributed by atoms with van der Waals surface area (Å²) in [5.74, 6) is 2.42. The fourth-order valence-electron chi connectivity index (χ4n) is 4.94. The number of rotatable bonds is 4. The standard InChI is InChI=1S/C24H23N5O2/c1-15-25-26-23(31-15)18-9-5-8-17(12-18)19-13-20(14-19)29-24(30)28-21(10-11-22(28)27-29)16-6-3-2-4-7-16/h2-9,12,19-21H,10-11,13-14H2,1H3/t19?,20?,21-/m0/s1. The minimum atomic E-state index is 0.0277. The van der Waals surface area contributed by atoms with Crippen LogP contribution >= 0.6 is 0 Å². The van der Waals surface area contributed by atoms with Gasteiger partial charge >= 0.3 is 5.69 Å². The SMILES string of the molecule is Cc1nnc(-c2cccc(C3CC(n4nc5n(c4=O)[C@H](c4ccccc4)CC5)C3)c2)o1. The van der Waals surface area contributed by atoms with Crippen LogP contribution in [0.5, 0.6) is 0 Å². The molecule has 156 valence electrons. The summed E-state index contributed by atoms with van der Waals surface area (Å²) in [7, 11) is 0. The molecule has 4 aromatic rings. The van der Waals surface area contributed by atoms with E-state index in [1.54, 1.807) is 11.6 Å². The summed E-state index contributed by atoms with van der Waals surface area (Å²) in [6, 6.07) is 18.8. The largest absolute Gasteiger partial charge is 0.421 e. The summed E-state index contributed by atoms with van der Waals surface area (Å²) in [6.07, 6.45) is 3.62. The molecule has 0 amide bonds. The highest BCUT2D eigenvalue weighted by Gasteiger charge is 2.37. The predicted molar refractivity (Wildman–Crippen MR) is 115 cm³/mol. The average Bonchev–Trinajstić information content (AvgIpc) is 3.45. The van der Waals surface area contributed by atoms with E-state index < -0.39 is 0 Å². The molecule has 1 saturated carbocycles. The van der Waals surface area contributed by atoms with Gasteiger partial charge in [-0.15, -0.1) is 10.2 Å². The first-order valence-corrected chi connectivity index (χ1v) is 10.8. The van der Waals surface area contributed by atoms with E-state index in [2.05, 4.69) is 34.5 Å². The van der Waals surface area contributed by atoms with Gasteiger partial charge in [-0.25, -0.2) is 9.48 Å². The molecule has 1 aliphatic carbocycles. The topological polar surface area (TPSA) is 78.7 Å². The molecule has 2 aromatic heterocycles. The highest BCUT2D eigenvalue weighted by atomic mass is 16.4. The molecule has 31 heavy (non-hydrogen) atoms. The second kappa shape index (κ2) is 7.04. The van der Waals surface area contributed by atoms with E-state index in [4.69, 9.17) is 9.52 Å². The molecule has 3 heterocycles. The Morgan fingerprint density at radius 3 is 2.58 bits per heavy atom. The van der Waals surface area contributed by atoms with Crippen molar-refractivity contribution in [2.75, 3.05) is 0 Å². The Morgan fingerprint density at radius 1 is 1.00 bits per heavy atom. The summed E-state index contributed by atoms with van der Waals surface area (Å²) in [6.45, 7) is 1.79. The zero-order valence-corrected chi connectivity index (χ0v) is 17.3. The Morgan fingerprint density at radius 2 is 1.81 bits per heavy atom. The number of aromatic nitrogens is 5. The van der Waals surface area contributed by atoms with Crippen molar-refractivity contribution in [2.24, 2.45) is 0 Å². The van der Waals surface area contributed by atoms with Crippen molar-refractivity contribution >= 4 is 0 Å². The van der Waals surface area contributed by atoms with Gasteiger partial charge in [0.1, 0.15) is 5.82 Å². The van der Waals surface area contributed by atoms with Crippen LogP contribution in [0.15, 0.2) is 63.8 Å². The van der Waals surface area contributed by atoms with Crippen LogP contribution in [0.4, 0.5) is 0 Å². The first-order valence-electron chi connectivity index (χ1n) is 10.8. The third-order valence-electron chi connectivity index (χ3n) is 6.63. The van der Waals surface area contributed by atoms with Crippen molar-refractivity contribution in [1.29, 1.82) is 0 Å². The van der Waals surface area contributed by atoms with Crippen molar-refractivity contribution < 1.29 is 4.42 Å². The molecule has 0 radical (unpaired) electrons. The van der Waals surface area contributed by atoms with Crippen molar-refractivity contribution in [3.63, 3.8) is 0 Å². The molecular weight excluding hydrogens is 390 g/mol. The molecule has 0 spiro atoms. The minimum absolute atomic E-state index is 0.0277. The van der Waals surface area contributed by atoms with Crippen LogP contribution in [0.25, 0.3) is 11.5 Å². The number of hydrogen-bond acceptors (Lipinski definition) is 5. The van der Waals surface area contributed by atoms with Crippen LogP contribution < -0.4 is 5.69 Å². The molecule has 7 nitrogen and oxygen atoms in total. The summed E-state index contributed by atoms with van der Waals surface area (Å²) < 4.78 is 9.20. The molecule has 0 bridgehead atoms. The zero-order chi connectivity index (χ0) is 20.9. The lowest BCUT2D eigenvalue weighted by Gasteiger charge is -2.35. The first-order chi connectivity index (χ1) is 15.2. The van der Waals surface area contributed by atoms with E-state index in [1.807, 2.05) is 34.9 Å². The molecule has 0 unspecified atom stereocenters. The van der Waals surface area contributed by atoms with E-state index in [0.717, 1.165) is 37.1 Å². The summed E-state index contributed by atoms with van der Waals surface area (Å²) in [5.41, 5.74) is 3.39. The number of fused-ring (bicyclic) bond motifs is 1. The maximum Gasteiger partial charge on any atom is 0.346 e. The molecule has 1 fully saturated rings. The van der Waals surface area contributed by atoms with Gasteiger partial charge in [-0.2, -0.15) is 5.10 Å². The van der Waals surface area contributed by atoms with Gasteiger partial charge in [0.15, 0.2) is 0 Å². The van der Waals surface area contributed by atoms with Crippen molar-refractivity contribution in [3.8, 4) is 11.5 Å². The molecule has 0 N–H and O–H groups in total. The van der Waals surface area contributed by atoms with Crippen molar-refractivity contribution in [3.05, 3.63) is 87.9 Å². The molecule has 1 atom stereocenters. The van der Waals surface area contributed by atoms with Crippen LogP contribution in [-0.2, 0) is 6.42 Å². The molecular formula is C24H23N5O2. The lowest BCUT2D eigenvalue weighted by molar-refractivity contribution is 0.236. The first kappa shape index (κ1) is 18.3. The number of nitrogens with zero attached hydrogens (tertiary/aromatic N) is 5. The molecule has 6 rings (SSSR count). The maximum atomic E-state index is 13.2. The predicted octanol–water partition coefficient (Wildman–Crippen LogP) is 4.06. The van der Waals surface area contributed by atoms with Gasteiger partial charge in [0.05, 0.1) is 12.1 Å². The maximum absolute atomic E-state index is 13.2. The van der Waals surface area contributed by atoms with E-state index >= 15 is 0 Å². The van der Waals surface area contributed by atoms with Crippen LogP contribution in [-0.4, -0.2) is 24.5 Å². The van der Waals surface area contributed by atoms with Gasteiger partial charge in [-0.05, 0) is 48.4 Å². The number of aryl methyl sites for hydroxylation is 2. The van der Waals surface area contributed by atoms with Gasteiger partial charge in [-0.3, -0.25) is 4.57 Å². The molecule has 1 aliphatic heterocycles. The van der Waals surface area contributed by atoms with Crippen LogP contribution in [0.3, 0.4) is 0 Å². The second-order valence-corrected chi connectivity index (χ2v) is 8.55. The third kappa shape index (κ3) is 3.03. The summed E-state index contributed by atoms with van der Waals surface area (Å²) in [4.78, 5) is 13.2. The lowest BCUT2D eigenvalue weighted by atomic mass is 9.75. The molecule has 7 heteroatoms. The minimum Gasteiger partial charge on any atom is -0.421 e. The van der Waals surface area contributed by atoms with Gasteiger partial charge in [0.2, 0.25) is 11.8 Å². The number of benzene rings is 2. The van der Waals surface area contributed by atoms with E-state index in [-0.39, 0.29) is 17.8 Å². The van der Waals surface area contributed by atoms with Gasteiger partial charge in [-0.1, -0.05) is 42.5 Å².